The van der Waals surface area contributed by atoms with Crippen molar-refractivity contribution in [3.8, 4) is 5.75 Å². The van der Waals surface area contributed by atoms with E-state index in [1.165, 1.54) is 7.11 Å². The van der Waals surface area contributed by atoms with Gasteiger partial charge in [-0.25, -0.2) is 8.42 Å². The van der Waals surface area contributed by atoms with E-state index in [1.807, 2.05) is 6.92 Å². The fourth-order valence-electron chi connectivity index (χ4n) is 1.56. The SMILES string of the molecule is CCOc1ccccc1NS(=O)(=O)CCCC(=O)OC. The first-order valence-electron chi connectivity index (χ1n) is 6.27. The first kappa shape index (κ1) is 16.3. The van der Waals surface area contributed by atoms with Crippen LogP contribution < -0.4 is 9.46 Å². The number of nitrogens with one attached hydrogen (secondary N) is 1. The maximum atomic E-state index is 11.9. The van der Waals surface area contributed by atoms with Gasteiger partial charge in [0.1, 0.15) is 5.75 Å². The number of rotatable bonds is 8. The summed E-state index contributed by atoms with van der Waals surface area (Å²) in [5, 5.41) is 0. The van der Waals surface area contributed by atoms with Crippen LogP contribution in [-0.2, 0) is 19.6 Å². The average molecular weight is 301 g/mol. The quantitative estimate of drug-likeness (QED) is 0.740. The molecule has 0 unspecified atom stereocenters. The molecule has 0 bridgehead atoms. The van der Waals surface area contributed by atoms with E-state index in [4.69, 9.17) is 4.74 Å². The maximum absolute atomic E-state index is 11.9. The molecule has 6 nitrogen and oxygen atoms in total. The molecule has 7 heteroatoms. The number of sulfonamides is 1. The van der Waals surface area contributed by atoms with E-state index in [-0.39, 0.29) is 18.6 Å². The number of carbonyl (C=O) groups excluding carboxylic acids is 1. The highest BCUT2D eigenvalue weighted by Crippen LogP contribution is 2.24. The normalized spacial score (nSPS) is 10.9. The van der Waals surface area contributed by atoms with Crippen molar-refractivity contribution in [2.75, 3.05) is 24.2 Å². The molecule has 1 aromatic carbocycles. The molecule has 0 fully saturated rings. The minimum Gasteiger partial charge on any atom is -0.492 e. The van der Waals surface area contributed by atoms with Crippen LogP contribution >= 0.6 is 0 Å². The number of esters is 1. The minimum atomic E-state index is -3.52. The highest BCUT2D eigenvalue weighted by molar-refractivity contribution is 7.92. The zero-order chi connectivity index (χ0) is 15.0. The van der Waals surface area contributed by atoms with Crippen molar-refractivity contribution in [1.29, 1.82) is 0 Å². The fourth-order valence-corrected chi connectivity index (χ4v) is 2.69. The third kappa shape index (κ3) is 5.48. The predicted molar refractivity (Wildman–Crippen MR) is 76.3 cm³/mol. The van der Waals surface area contributed by atoms with Crippen molar-refractivity contribution in [3.05, 3.63) is 24.3 Å². The van der Waals surface area contributed by atoms with Gasteiger partial charge in [0.05, 0.1) is 25.2 Å². The third-order valence-electron chi connectivity index (χ3n) is 2.47. The number of hydrogen-bond donors (Lipinski definition) is 1. The van der Waals surface area contributed by atoms with E-state index >= 15 is 0 Å². The van der Waals surface area contributed by atoms with Gasteiger partial charge < -0.3 is 9.47 Å². The van der Waals surface area contributed by atoms with Gasteiger partial charge in [-0.1, -0.05) is 12.1 Å². The lowest BCUT2D eigenvalue weighted by Gasteiger charge is -2.12. The van der Waals surface area contributed by atoms with Gasteiger partial charge in [-0.3, -0.25) is 9.52 Å². The van der Waals surface area contributed by atoms with Crippen molar-refractivity contribution in [2.24, 2.45) is 0 Å². The van der Waals surface area contributed by atoms with Crippen molar-refractivity contribution in [3.63, 3.8) is 0 Å². The van der Waals surface area contributed by atoms with E-state index < -0.39 is 16.0 Å². The second-order valence-electron chi connectivity index (χ2n) is 4.03. The number of carbonyl (C=O) groups is 1. The molecule has 0 aliphatic heterocycles. The van der Waals surface area contributed by atoms with Crippen molar-refractivity contribution < 1.29 is 22.7 Å². The Hall–Kier alpha value is -1.76. The van der Waals surface area contributed by atoms with Gasteiger partial charge in [-0.15, -0.1) is 0 Å². The van der Waals surface area contributed by atoms with Crippen LogP contribution in [0.2, 0.25) is 0 Å². The number of para-hydroxylation sites is 2. The fraction of sp³-hybridized carbons (Fsp3) is 0.462. The maximum Gasteiger partial charge on any atom is 0.305 e. The van der Waals surface area contributed by atoms with Gasteiger partial charge in [0.2, 0.25) is 10.0 Å². The Bertz CT molecular complexity index is 541. The van der Waals surface area contributed by atoms with Crippen LogP contribution in [0.5, 0.6) is 5.75 Å². The van der Waals surface area contributed by atoms with Gasteiger partial charge >= 0.3 is 5.97 Å². The Kier molecular flexibility index (Phi) is 6.30. The summed E-state index contributed by atoms with van der Waals surface area (Å²) in [4.78, 5) is 10.9. The van der Waals surface area contributed by atoms with Crippen LogP contribution in [0.15, 0.2) is 24.3 Å². The van der Waals surface area contributed by atoms with E-state index in [0.29, 0.717) is 18.0 Å². The summed E-state index contributed by atoms with van der Waals surface area (Å²) in [7, 11) is -2.25. The van der Waals surface area contributed by atoms with Gasteiger partial charge in [0.25, 0.3) is 0 Å². The molecule has 0 spiro atoms. The van der Waals surface area contributed by atoms with Crippen molar-refractivity contribution in [1.82, 2.24) is 0 Å². The molecule has 0 amide bonds. The molecular formula is C13H19NO5S. The monoisotopic (exact) mass is 301 g/mol. The van der Waals surface area contributed by atoms with Crippen LogP contribution in [0.3, 0.4) is 0 Å². The highest BCUT2D eigenvalue weighted by atomic mass is 32.2. The molecule has 0 aromatic heterocycles. The zero-order valence-corrected chi connectivity index (χ0v) is 12.4. The van der Waals surface area contributed by atoms with E-state index in [1.54, 1.807) is 24.3 Å². The lowest BCUT2D eigenvalue weighted by Crippen LogP contribution is -2.18. The zero-order valence-electron chi connectivity index (χ0n) is 11.6. The molecule has 0 radical (unpaired) electrons. The lowest BCUT2D eigenvalue weighted by molar-refractivity contribution is -0.140. The lowest BCUT2D eigenvalue weighted by atomic mass is 10.3. The smallest absolute Gasteiger partial charge is 0.305 e. The third-order valence-corrected chi connectivity index (χ3v) is 3.83. The van der Waals surface area contributed by atoms with Gasteiger partial charge in [-0.2, -0.15) is 0 Å². The summed E-state index contributed by atoms with van der Waals surface area (Å²) in [6.45, 7) is 2.27. The minimum absolute atomic E-state index is 0.0739. The molecule has 1 N–H and O–H groups in total. The summed E-state index contributed by atoms with van der Waals surface area (Å²) in [5.41, 5.74) is 0.396. The second kappa shape index (κ2) is 7.74. The summed E-state index contributed by atoms with van der Waals surface area (Å²) in [5.74, 6) is -0.0933. The number of ether oxygens (including phenoxy) is 2. The average Bonchev–Trinajstić information content (AvgIpc) is 2.40. The first-order valence-corrected chi connectivity index (χ1v) is 7.93. The topological polar surface area (TPSA) is 81.7 Å². The van der Waals surface area contributed by atoms with Crippen LogP contribution in [0.25, 0.3) is 0 Å². The molecule has 0 saturated carbocycles. The number of hydrogen-bond acceptors (Lipinski definition) is 5. The van der Waals surface area contributed by atoms with Crippen molar-refractivity contribution in [2.45, 2.75) is 19.8 Å². The molecule has 112 valence electrons. The van der Waals surface area contributed by atoms with Crippen LogP contribution in [0.1, 0.15) is 19.8 Å². The van der Waals surface area contributed by atoms with Crippen molar-refractivity contribution >= 4 is 21.7 Å². The molecule has 0 heterocycles. The standard InChI is InChI=1S/C13H19NO5S/c1-3-19-12-8-5-4-7-11(12)14-20(16,17)10-6-9-13(15)18-2/h4-5,7-8,14H,3,6,9-10H2,1-2H3. The van der Waals surface area contributed by atoms with Crippen LogP contribution in [0.4, 0.5) is 5.69 Å². The molecular weight excluding hydrogens is 282 g/mol. The molecule has 0 saturated heterocycles. The molecule has 0 aliphatic carbocycles. The Morgan fingerprint density at radius 3 is 2.65 bits per heavy atom. The Labute approximate surface area is 119 Å². The largest absolute Gasteiger partial charge is 0.492 e. The molecule has 1 rings (SSSR count). The number of benzene rings is 1. The molecule has 0 atom stereocenters. The highest BCUT2D eigenvalue weighted by Gasteiger charge is 2.14. The molecule has 1 aromatic rings. The number of anilines is 1. The molecule has 20 heavy (non-hydrogen) atoms. The van der Waals surface area contributed by atoms with E-state index in [9.17, 15) is 13.2 Å². The Balaban J connectivity index is 2.64. The molecule has 0 aliphatic rings. The summed E-state index contributed by atoms with van der Waals surface area (Å²) in [6, 6.07) is 6.80. The summed E-state index contributed by atoms with van der Waals surface area (Å²) in [6.07, 6.45) is 0.281. The van der Waals surface area contributed by atoms with Gasteiger partial charge in [-0.05, 0) is 25.5 Å². The number of methoxy groups -OCH3 is 1. The Morgan fingerprint density at radius 2 is 2.00 bits per heavy atom. The van der Waals surface area contributed by atoms with Crippen LogP contribution in [0, 0.1) is 0 Å². The van der Waals surface area contributed by atoms with Crippen LogP contribution in [-0.4, -0.2) is 33.9 Å². The second-order valence-corrected chi connectivity index (χ2v) is 5.87. The summed E-state index contributed by atoms with van der Waals surface area (Å²) < 4.78 is 36.1. The Morgan fingerprint density at radius 1 is 1.30 bits per heavy atom. The predicted octanol–water partition coefficient (Wildman–Crippen LogP) is 1.78. The van der Waals surface area contributed by atoms with E-state index in [0.717, 1.165) is 0 Å². The van der Waals surface area contributed by atoms with Gasteiger partial charge in [0, 0.05) is 6.42 Å². The first-order chi connectivity index (χ1) is 9.48. The van der Waals surface area contributed by atoms with E-state index in [2.05, 4.69) is 9.46 Å². The summed E-state index contributed by atoms with van der Waals surface area (Å²) >= 11 is 0. The van der Waals surface area contributed by atoms with Gasteiger partial charge in [0.15, 0.2) is 0 Å².